The lowest BCUT2D eigenvalue weighted by molar-refractivity contribution is -0.130. The number of rotatable bonds is 6. The molecule has 0 radical (unpaired) electrons. The number of hydrogen-bond acceptors (Lipinski definition) is 4. The zero-order valence-corrected chi connectivity index (χ0v) is 12.7. The van der Waals surface area contributed by atoms with Gasteiger partial charge in [-0.3, -0.25) is 14.5 Å². The first-order valence-electron chi connectivity index (χ1n) is 7.12. The lowest BCUT2D eigenvalue weighted by Gasteiger charge is -2.27. The number of hydrogen-bond donors (Lipinski definition) is 2. The summed E-state index contributed by atoms with van der Waals surface area (Å²) in [5.74, 6) is -0.728. The SMILES string of the molecule is CC(CNC(=O)CN1C(=O)CNC1=O)N(C)c1ccccc1. The second kappa shape index (κ2) is 6.93. The molecule has 118 valence electrons. The van der Waals surface area contributed by atoms with Crippen LogP contribution in [-0.4, -0.2) is 55.5 Å². The van der Waals surface area contributed by atoms with Crippen molar-refractivity contribution in [3.63, 3.8) is 0 Å². The Kier molecular flexibility index (Phi) is 4.98. The minimum Gasteiger partial charge on any atom is -0.370 e. The quantitative estimate of drug-likeness (QED) is 0.735. The number of imide groups is 1. The number of likely N-dealkylation sites (N-methyl/N-ethyl adjacent to an activating group) is 1. The Morgan fingerprint density at radius 3 is 2.64 bits per heavy atom. The van der Waals surface area contributed by atoms with Crippen LogP contribution in [0.2, 0.25) is 0 Å². The smallest absolute Gasteiger partial charge is 0.325 e. The van der Waals surface area contributed by atoms with Crippen molar-refractivity contribution in [3.8, 4) is 0 Å². The molecular formula is C15H20N4O3. The monoisotopic (exact) mass is 304 g/mol. The number of para-hydroxylation sites is 1. The summed E-state index contributed by atoms with van der Waals surface area (Å²) in [6.07, 6.45) is 0. The molecule has 0 aliphatic carbocycles. The molecule has 0 aromatic heterocycles. The fourth-order valence-electron chi connectivity index (χ4n) is 2.13. The van der Waals surface area contributed by atoms with Crippen molar-refractivity contribution in [1.82, 2.24) is 15.5 Å². The van der Waals surface area contributed by atoms with Gasteiger partial charge in [0.25, 0.3) is 5.91 Å². The molecule has 1 aliphatic rings. The highest BCUT2D eigenvalue weighted by Crippen LogP contribution is 2.13. The number of benzene rings is 1. The Morgan fingerprint density at radius 2 is 2.05 bits per heavy atom. The van der Waals surface area contributed by atoms with Crippen molar-refractivity contribution < 1.29 is 14.4 Å². The first-order valence-corrected chi connectivity index (χ1v) is 7.12. The van der Waals surface area contributed by atoms with Crippen LogP contribution in [0.15, 0.2) is 30.3 Å². The van der Waals surface area contributed by atoms with Crippen LogP contribution in [0, 0.1) is 0 Å². The van der Waals surface area contributed by atoms with Gasteiger partial charge in [-0.2, -0.15) is 0 Å². The summed E-state index contributed by atoms with van der Waals surface area (Å²) < 4.78 is 0. The van der Waals surface area contributed by atoms with Gasteiger partial charge in [-0.25, -0.2) is 4.79 Å². The number of amides is 4. The Balaban J connectivity index is 1.81. The topological polar surface area (TPSA) is 81.8 Å². The summed E-state index contributed by atoms with van der Waals surface area (Å²) in [7, 11) is 1.95. The molecule has 1 saturated heterocycles. The van der Waals surface area contributed by atoms with Crippen LogP contribution in [-0.2, 0) is 9.59 Å². The minimum absolute atomic E-state index is 0.0424. The molecule has 1 atom stereocenters. The highest BCUT2D eigenvalue weighted by atomic mass is 16.2. The highest BCUT2D eigenvalue weighted by molar-refractivity contribution is 6.04. The van der Waals surface area contributed by atoms with E-state index >= 15 is 0 Å². The van der Waals surface area contributed by atoms with Crippen LogP contribution in [0.1, 0.15) is 6.92 Å². The standard InChI is InChI=1S/C15H20N4O3/c1-11(18(2)12-6-4-3-5-7-12)8-16-13(20)10-19-14(21)9-17-15(19)22/h3-7,11H,8-10H2,1-2H3,(H,16,20)(H,17,22). The van der Waals surface area contributed by atoms with Crippen molar-refractivity contribution in [1.29, 1.82) is 0 Å². The largest absolute Gasteiger partial charge is 0.370 e. The average molecular weight is 304 g/mol. The molecule has 7 nitrogen and oxygen atoms in total. The van der Waals surface area contributed by atoms with Gasteiger partial charge in [0.05, 0.1) is 6.54 Å². The third kappa shape index (κ3) is 3.75. The molecule has 0 bridgehead atoms. The van der Waals surface area contributed by atoms with E-state index in [-0.39, 0.29) is 30.9 Å². The van der Waals surface area contributed by atoms with Gasteiger partial charge in [-0.05, 0) is 19.1 Å². The third-order valence-electron chi connectivity index (χ3n) is 3.66. The maximum Gasteiger partial charge on any atom is 0.325 e. The van der Waals surface area contributed by atoms with Crippen molar-refractivity contribution in [2.45, 2.75) is 13.0 Å². The van der Waals surface area contributed by atoms with E-state index in [4.69, 9.17) is 0 Å². The average Bonchev–Trinajstić information content (AvgIpc) is 2.84. The van der Waals surface area contributed by atoms with Gasteiger partial charge < -0.3 is 15.5 Å². The number of urea groups is 1. The van der Waals surface area contributed by atoms with Crippen LogP contribution < -0.4 is 15.5 Å². The lowest BCUT2D eigenvalue weighted by atomic mass is 10.2. The van der Waals surface area contributed by atoms with Gasteiger partial charge in [-0.1, -0.05) is 18.2 Å². The van der Waals surface area contributed by atoms with E-state index in [0.29, 0.717) is 6.54 Å². The van der Waals surface area contributed by atoms with E-state index in [9.17, 15) is 14.4 Å². The highest BCUT2D eigenvalue weighted by Gasteiger charge is 2.30. The molecule has 1 aromatic carbocycles. The summed E-state index contributed by atoms with van der Waals surface area (Å²) >= 11 is 0. The van der Waals surface area contributed by atoms with Crippen LogP contribution >= 0.6 is 0 Å². The van der Waals surface area contributed by atoms with Crippen molar-refractivity contribution in [2.75, 3.05) is 31.6 Å². The Bertz CT molecular complexity index is 545. The van der Waals surface area contributed by atoms with E-state index in [1.54, 1.807) is 0 Å². The number of anilines is 1. The normalized spacial score (nSPS) is 15.5. The molecular weight excluding hydrogens is 284 g/mol. The zero-order chi connectivity index (χ0) is 16.1. The number of nitrogens with zero attached hydrogens (tertiary/aromatic N) is 2. The molecule has 22 heavy (non-hydrogen) atoms. The van der Waals surface area contributed by atoms with E-state index in [0.717, 1.165) is 10.6 Å². The molecule has 4 amide bonds. The predicted octanol–water partition coefficient (Wildman–Crippen LogP) is 0.179. The molecule has 0 spiro atoms. The summed E-state index contributed by atoms with van der Waals surface area (Å²) in [6.45, 7) is 2.13. The van der Waals surface area contributed by atoms with Gasteiger partial charge >= 0.3 is 6.03 Å². The molecule has 1 heterocycles. The third-order valence-corrected chi connectivity index (χ3v) is 3.66. The van der Waals surface area contributed by atoms with E-state index in [2.05, 4.69) is 10.6 Å². The van der Waals surface area contributed by atoms with Crippen LogP contribution in [0.4, 0.5) is 10.5 Å². The van der Waals surface area contributed by atoms with Crippen LogP contribution in [0.25, 0.3) is 0 Å². The van der Waals surface area contributed by atoms with Gasteiger partial charge in [-0.15, -0.1) is 0 Å². The molecule has 2 N–H and O–H groups in total. The van der Waals surface area contributed by atoms with Crippen molar-refractivity contribution >= 4 is 23.5 Å². The van der Waals surface area contributed by atoms with Gasteiger partial charge in [0.1, 0.15) is 6.54 Å². The van der Waals surface area contributed by atoms with Crippen molar-refractivity contribution in [2.24, 2.45) is 0 Å². The summed E-state index contributed by atoms with van der Waals surface area (Å²) in [6, 6.07) is 9.40. The lowest BCUT2D eigenvalue weighted by Crippen LogP contribution is -2.45. The first kappa shape index (κ1) is 15.8. The number of carbonyl (C=O) groups is 3. The molecule has 1 aliphatic heterocycles. The molecule has 0 saturated carbocycles. The van der Waals surface area contributed by atoms with E-state index in [1.165, 1.54) is 0 Å². The second-order valence-corrected chi connectivity index (χ2v) is 5.24. The Labute approximate surface area is 129 Å². The number of carbonyl (C=O) groups excluding carboxylic acids is 3. The summed E-state index contributed by atoms with van der Waals surface area (Å²) in [5, 5.41) is 5.13. The molecule has 1 aromatic rings. The minimum atomic E-state index is -0.519. The molecule has 7 heteroatoms. The zero-order valence-electron chi connectivity index (χ0n) is 12.7. The molecule has 1 unspecified atom stereocenters. The Morgan fingerprint density at radius 1 is 1.36 bits per heavy atom. The van der Waals surface area contributed by atoms with Gasteiger partial charge in [0.15, 0.2) is 0 Å². The number of nitrogens with one attached hydrogen (secondary N) is 2. The Hall–Kier alpha value is -2.57. The van der Waals surface area contributed by atoms with Gasteiger partial charge in [0.2, 0.25) is 5.91 Å². The fourth-order valence-corrected chi connectivity index (χ4v) is 2.13. The fraction of sp³-hybridized carbons (Fsp3) is 0.400. The van der Waals surface area contributed by atoms with E-state index < -0.39 is 6.03 Å². The first-order chi connectivity index (χ1) is 10.5. The summed E-state index contributed by atoms with van der Waals surface area (Å²) in [5.41, 5.74) is 1.05. The maximum absolute atomic E-state index is 11.9. The van der Waals surface area contributed by atoms with Gasteiger partial charge in [0, 0.05) is 25.3 Å². The predicted molar refractivity (Wildman–Crippen MR) is 82.4 cm³/mol. The maximum atomic E-state index is 11.9. The van der Waals surface area contributed by atoms with Crippen LogP contribution in [0.5, 0.6) is 0 Å². The van der Waals surface area contributed by atoms with Crippen LogP contribution in [0.3, 0.4) is 0 Å². The molecule has 2 rings (SSSR count). The molecule has 1 fully saturated rings. The van der Waals surface area contributed by atoms with E-state index in [1.807, 2.05) is 49.2 Å². The summed E-state index contributed by atoms with van der Waals surface area (Å²) in [4.78, 5) is 37.6. The second-order valence-electron chi connectivity index (χ2n) is 5.24. The van der Waals surface area contributed by atoms with Crippen molar-refractivity contribution in [3.05, 3.63) is 30.3 Å².